The molecule has 17 heavy (non-hydrogen) atoms. The minimum absolute atomic E-state index is 0.162. The average molecular weight is 234 g/mol. The summed E-state index contributed by atoms with van der Waals surface area (Å²) in [6, 6.07) is 5.47. The lowest BCUT2D eigenvalue weighted by atomic mass is 10.1. The number of carbonyl (C=O) groups excluding carboxylic acids is 2. The number of hydrogen-bond acceptors (Lipinski definition) is 3. The summed E-state index contributed by atoms with van der Waals surface area (Å²) >= 11 is 0. The van der Waals surface area contributed by atoms with E-state index in [0.29, 0.717) is 24.3 Å². The van der Waals surface area contributed by atoms with Crippen molar-refractivity contribution in [1.29, 1.82) is 0 Å². The Morgan fingerprint density at radius 1 is 1.53 bits per heavy atom. The van der Waals surface area contributed by atoms with Crippen LogP contribution in [0.5, 0.6) is 5.75 Å². The van der Waals surface area contributed by atoms with Crippen LogP contribution in [-0.2, 0) is 16.0 Å². The molecule has 2 amide bonds. The Bertz CT molecular complexity index is 471. The number of hydrogen-bond donors (Lipinski definition) is 2. The van der Waals surface area contributed by atoms with Gasteiger partial charge in [0.25, 0.3) is 5.91 Å². The molecule has 90 valence electrons. The Morgan fingerprint density at radius 3 is 3.00 bits per heavy atom. The highest BCUT2D eigenvalue weighted by Gasteiger charge is 2.23. The Kier molecular flexibility index (Phi) is 2.99. The van der Waals surface area contributed by atoms with E-state index in [2.05, 4.69) is 5.32 Å². The third-order valence-corrected chi connectivity index (χ3v) is 2.63. The first-order valence-corrected chi connectivity index (χ1v) is 5.45. The van der Waals surface area contributed by atoms with Gasteiger partial charge in [-0.1, -0.05) is 6.07 Å². The van der Waals surface area contributed by atoms with Crippen molar-refractivity contribution in [3.05, 3.63) is 23.8 Å². The number of nitrogens with two attached hydrogens (primary N) is 1. The number of primary amides is 1. The van der Waals surface area contributed by atoms with Crippen LogP contribution in [-0.4, -0.2) is 17.9 Å². The van der Waals surface area contributed by atoms with Crippen molar-refractivity contribution >= 4 is 17.5 Å². The SMILES string of the molecule is CC1Oc2ccc(CCC(N)=O)cc2NC1=O. The first-order valence-electron chi connectivity index (χ1n) is 5.45. The van der Waals surface area contributed by atoms with Crippen LogP contribution in [0.15, 0.2) is 18.2 Å². The summed E-state index contributed by atoms with van der Waals surface area (Å²) in [6.07, 6.45) is 0.386. The number of nitrogens with one attached hydrogen (secondary N) is 1. The van der Waals surface area contributed by atoms with Crippen LogP contribution < -0.4 is 15.8 Å². The summed E-state index contributed by atoms with van der Waals surface area (Å²) in [5.41, 5.74) is 6.68. The normalized spacial score (nSPS) is 17.9. The number of amides is 2. The Hall–Kier alpha value is -2.04. The summed E-state index contributed by atoms with van der Waals surface area (Å²) in [4.78, 5) is 22.1. The van der Waals surface area contributed by atoms with Gasteiger partial charge in [-0.25, -0.2) is 0 Å². The zero-order chi connectivity index (χ0) is 12.4. The van der Waals surface area contributed by atoms with Crippen LogP contribution in [0, 0.1) is 0 Å². The smallest absolute Gasteiger partial charge is 0.265 e. The number of benzene rings is 1. The first kappa shape index (κ1) is 11.4. The first-order chi connectivity index (χ1) is 8.06. The molecule has 5 nitrogen and oxygen atoms in total. The predicted octanol–water partition coefficient (Wildman–Crippen LogP) is 0.824. The molecule has 0 aromatic heterocycles. The second kappa shape index (κ2) is 4.45. The van der Waals surface area contributed by atoms with Crippen LogP contribution in [0.1, 0.15) is 18.9 Å². The standard InChI is InChI=1S/C12H14N2O3/c1-7-12(16)14-9-6-8(3-5-11(13)15)2-4-10(9)17-7/h2,4,6-7H,3,5H2,1H3,(H2,13,15)(H,14,16). The fourth-order valence-electron chi connectivity index (χ4n) is 1.68. The molecule has 1 aliphatic rings. The zero-order valence-corrected chi connectivity index (χ0v) is 9.53. The molecule has 3 N–H and O–H groups in total. The minimum atomic E-state index is -0.473. The number of carbonyl (C=O) groups is 2. The predicted molar refractivity (Wildman–Crippen MR) is 62.7 cm³/mol. The van der Waals surface area contributed by atoms with Gasteiger partial charge in [-0.15, -0.1) is 0 Å². The maximum Gasteiger partial charge on any atom is 0.265 e. The molecule has 2 rings (SSSR count). The monoisotopic (exact) mass is 234 g/mol. The second-order valence-electron chi connectivity index (χ2n) is 4.05. The van der Waals surface area contributed by atoms with E-state index in [4.69, 9.17) is 10.5 Å². The van der Waals surface area contributed by atoms with Crippen LogP contribution in [0.4, 0.5) is 5.69 Å². The van der Waals surface area contributed by atoms with Gasteiger partial charge < -0.3 is 15.8 Å². The van der Waals surface area contributed by atoms with E-state index in [1.54, 1.807) is 13.0 Å². The number of rotatable bonds is 3. The summed E-state index contributed by atoms with van der Waals surface area (Å²) in [5, 5.41) is 2.76. The van der Waals surface area contributed by atoms with E-state index in [9.17, 15) is 9.59 Å². The molecule has 1 aliphatic heterocycles. The fraction of sp³-hybridized carbons (Fsp3) is 0.333. The van der Waals surface area contributed by atoms with Gasteiger partial charge in [0.1, 0.15) is 5.75 Å². The van der Waals surface area contributed by atoms with Gasteiger partial charge in [0, 0.05) is 6.42 Å². The molecule has 0 radical (unpaired) electrons. The van der Waals surface area contributed by atoms with Crippen molar-refractivity contribution in [3.63, 3.8) is 0 Å². The maximum atomic E-state index is 11.4. The lowest BCUT2D eigenvalue weighted by Crippen LogP contribution is -2.34. The lowest BCUT2D eigenvalue weighted by molar-refractivity contribution is -0.122. The molecule has 0 bridgehead atoms. The molecule has 1 heterocycles. The third-order valence-electron chi connectivity index (χ3n) is 2.63. The molecule has 0 saturated heterocycles. The van der Waals surface area contributed by atoms with Gasteiger partial charge in [0.15, 0.2) is 6.10 Å². The molecular weight excluding hydrogens is 220 g/mol. The van der Waals surface area contributed by atoms with Crippen LogP contribution in [0.3, 0.4) is 0 Å². The summed E-state index contributed by atoms with van der Waals surface area (Å²) in [6.45, 7) is 1.69. The highest BCUT2D eigenvalue weighted by atomic mass is 16.5. The van der Waals surface area contributed by atoms with E-state index in [1.807, 2.05) is 12.1 Å². The van der Waals surface area contributed by atoms with E-state index in [1.165, 1.54) is 0 Å². The number of anilines is 1. The van der Waals surface area contributed by atoms with E-state index in [-0.39, 0.29) is 11.8 Å². The number of aryl methyl sites for hydroxylation is 1. The van der Waals surface area contributed by atoms with Crippen LogP contribution in [0.2, 0.25) is 0 Å². The van der Waals surface area contributed by atoms with Gasteiger partial charge in [-0.3, -0.25) is 9.59 Å². The van der Waals surface area contributed by atoms with Crippen molar-refractivity contribution in [1.82, 2.24) is 0 Å². The topological polar surface area (TPSA) is 81.4 Å². The third kappa shape index (κ3) is 2.55. The highest BCUT2D eigenvalue weighted by molar-refractivity contribution is 5.97. The summed E-state index contributed by atoms with van der Waals surface area (Å²) < 4.78 is 5.42. The van der Waals surface area contributed by atoms with Crippen molar-refractivity contribution in [2.45, 2.75) is 25.9 Å². The van der Waals surface area contributed by atoms with Gasteiger partial charge in [-0.05, 0) is 31.0 Å². The van der Waals surface area contributed by atoms with Crippen LogP contribution in [0.25, 0.3) is 0 Å². The number of ether oxygens (including phenoxy) is 1. The summed E-state index contributed by atoms with van der Waals surface area (Å²) in [5.74, 6) is 0.154. The Balaban J connectivity index is 2.17. The quantitative estimate of drug-likeness (QED) is 0.812. The van der Waals surface area contributed by atoms with Crippen molar-refractivity contribution in [2.24, 2.45) is 5.73 Å². The van der Waals surface area contributed by atoms with Crippen molar-refractivity contribution in [3.8, 4) is 5.75 Å². The van der Waals surface area contributed by atoms with Crippen molar-refractivity contribution < 1.29 is 14.3 Å². The lowest BCUT2D eigenvalue weighted by Gasteiger charge is -2.23. The molecule has 1 aromatic carbocycles. The molecule has 5 heteroatoms. The van der Waals surface area contributed by atoms with E-state index >= 15 is 0 Å². The largest absolute Gasteiger partial charge is 0.479 e. The van der Waals surface area contributed by atoms with E-state index in [0.717, 1.165) is 5.56 Å². The average Bonchev–Trinajstić information content (AvgIpc) is 2.28. The van der Waals surface area contributed by atoms with Gasteiger partial charge in [-0.2, -0.15) is 0 Å². The Morgan fingerprint density at radius 2 is 2.29 bits per heavy atom. The van der Waals surface area contributed by atoms with E-state index < -0.39 is 6.10 Å². The zero-order valence-electron chi connectivity index (χ0n) is 9.53. The molecule has 0 fully saturated rings. The fourth-order valence-corrected chi connectivity index (χ4v) is 1.68. The summed E-state index contributed by atoms with van der Waals surface area (Å²) in [7, 11) is 0. The minimum Gasteiger partial charge on any atom is -0.479 e. The number of fused-ring (bicyclic) bond motifs is 1. The van der Waals surface area contributed by atoms with Gasteiger partial charge in [0.05, 0.1) is 5.69 Å². The van der Waals surface area contributed by atoms with Crippen molar-refractivity contribution in [2.75, 3.05) is 5.32 Å². The molecule has 1 unspecified atom stereocenters. The van der Waals surface area contributed by atoms with Gasteiger partial charge in [0.2, 0.25) is 5.91 Å². The highest BCUT2D eigenvalue weighted by Crippen LogP contribution is 2.30. The maximum absolute atomic E-state index is 11.4. The molecule has 0 saturated carbocycles. The van der Waals surface area contributed by atoms with Crippen LogP contribution >= 0.6 is 0 Å². The molecule has 0 spiro atoms. The molecule has 1 atom stereocenters. The Labute approximate surface area is 98.9 Å². The molecular formula is C12H14N2O3. The molecule has 0 aliphatic carbocycles. The second-order valence-corrected chi connectivity index (χ2v) is 4.05. The van der Waals surface area contributed by atoms with Gasteiger partial charge >= 0.3 is 0 Å². The molecule has 1 aromatic rings.